The molecule has 0 spiro atoms. The zero-order valence-electron chi connectivity index (χ0n) is 17.0. The quantitative estimate of drug-likeness (QED) is 0.355. The van der Waals surface area contributed by atoms with E-state index in [1.807, 2.05) is 68.4 Å². The maximum atomic E-state index is 13.3. The summed E-state index contributed by atoms with van der Waals surface area (Å²) in [5.74, 6) is 0.804. The lowest BCUT2D eigenvalue weighted by Gasteiger charge is -2.12. The topological polar surface area (TPSA) is 60.9 Å². The summed E-state index contributed by atoms with van der Waals surface area (Å²) in [6.45, 7) is 4.08. The van der Waals surface area contributed by atoms with Gasteiger partial charge in [-0.25, -0.2) is 0 Å². The van der Waals surface area contributed by atoms with Gasteiger partial charge in [0, 0.05) is 33.2 Å². The van der Waals surface area contributed by atoms with Crippen LogP contribution in [0.2, 0.25) is 5.02 Å². The summed E-state index contributed by atoms with van der Waals surface area (Å²) in [4.78, 5) is 17.8. The fourth-order valence-electron chi connectivity index (χ4n) is 3.58. The fourth-order valence-corrected chi connectivity index (χ4v) is 3.70. The van der Waals surface area contributed by atoms with Gasteiger partial charge in [-0.05, 0) is 67.4 Å². The lowest BCUT2D eigenvalue weighted by atomic mass is 10.1. The van der Waals surface area contributed by atoms with Crippen molar-refractivity contribution in [3.63, 3.8) is 0 Å². The van der Waals surface area contributed by atoms with E-state index < -0.39 is 0 Å². The summed E-state index contributed by atoms with van der Waals surface area (Å²) in [6.07, 6.45) is 1.77. The molecule has 0 atom stereocenters. The number of benzene rings is 3. The number of halogens is 1. The molecule has 0 aliphatic carbocycles. The Labute approximate surface area is 183 Å². The van der Waals surface area contributed by atoms with Crippen LogP contribution in [0.5, 0.6) is 0 Å². The Morgan fingerprint density at radius 1 is 0.903 bits per heavy atom. The van der Waals surface area contributed by atoms with Gasteiger partial charge in [0.05, 0.1) is 5.56 Å². The molecule has 0 saturated carbocycles. The van der Waals surface area contributed by atoms with Crippen molar-refractivity contribution in [2.45, 2.75) is 13.8 Å². The predicted molar refractivity (Wildman–Crippen MR) is 123 cm³/mol. The first-order chi connectivity index (χ1) is 15.0. The summed E-state index contributed by atoms with van der Waals surface area (Å²) >= 11 is 5.98. The zero-order valence-corrected chi connectivity index (χ0v) is 17.7. The van der Waals surface area contributed by atoms with Crippen LogP contribution >= 0.6 is 11.6 Å². The van der Waals surface area contributed by atoms with Crippen molar-refractivity contribution in [3.05, 3.63) is 99.4 Å². The molecule has 0 N–H and O–H groups in total. The SMILES string of the molecule is Cc1ccc(-n2cc(-c3nc(-c4ccc(Cl)cc4)no3)c3ccccc3c2=O)cc1C. The summed E-state index contributed by atoms with van der Waals surface area (Å²) in [6, 6.07) is 20.6. The number of rotatable bonds is 3. The second-order valence-corrected chi connectivity index (χ2v) is 7.90. The molecule has 0 radical (unpaired) electrons. The number of aromatic nitrogens is 3. The van der Waals surface area contributed by atoms with Gasteiger partial charge in [-0.1, -0.05) is 41.0 Å². The van der Waals surface area contributed by atoms with E-state index in [-0.39, 0.29) is 5.56 Å². The lowest BCUT2D eigenvalue weighted by molar-refractivity contribution is 0.432. The Bertz CT molecular complexity index is 1480. The molecule has 2 aromatic heterocycles. The summed E-state index contributed by atoms with van der Waals surface area (Å²) < 4.78 is 7.24. The minimum atomic E-state index is -0.0972. The van der Waals surface area contributed by atoms with Gasteiger partial charge in [0.1, 0.15) is 0 Å². The normalized spacial score (nSPS) is 11.2. The average molecular weight is 428 g/mol. The van der Waals surface area contributed by atoms with Crippen molar-refractivity contribution in [2.75, 3.05) is 0 Å². The van der Waals surface area contributed by atoms with Crippen molar-refractivity contribution in [2.24, 2.45) is 0 Å². The van der Waals surface area contributed by atoms with Gasteiger partial charge >= 0.3 is 0 Å². The summed E-state index contributed by atoms with van der Waals surface area (Å²) in [7, 11) is 0. The average Bonchev–Trinajstić information content (AvgIpc) is 3.27. The molecule has 6 heteroatoms. The molecule has 152 valence electrons. The van der Waals surface area contributed by atoms with Gasteiger partial charge in [0.15, 0.2) is 0 Å². The fraction of sp³-hybridized carbons (Fsp3) is 0.0800. The molecule has 0 amide bonds. The Morgan fingerprint density at radius 3 is 2.39 bits per heavy atom. The van der Waals surface area contributed by atoms with Gasteiger partial charge < -0.3 is 4.52 Å². The monoisotopic (exact) mass is 427 g/mol. The number of hydrogen-bond acceptors (Lipinski definition) is 4. The van der Waals surface area contributed by atoms with Crippen molar-refractivity contribution in [3.8, 4) is 28.5 Å². The van der Waals surface area contributed by atoms with E-state index in [1.165, 1.54) is 5.56 Å². The Morgan fingerprint density at radius 2 is 1.65 bits per heavy atom. The van der Waals surface area contributed by atoms with Crippen LogP contribution in [0.3, 0.4) is 0 Å². The molecule has 5 aromatic rings. The van der Waals surface area contributed by atoms with Crippen LogP contribution in [-0.2, 0) is 0 Å². The molecular weight excluding hydrogens is 410 g/mol. The van der Waals surface area contributed by atoms with E-state index >= 15 is 0 Å². The molecule has 0 unspecified atom stereocenters. The van der Waals surface area contributed by atoms with Crippen molar-refractivity contribution in [1.82, 2.24) is 14.7 Å². The molecule has 31 heavy (non-hydrogen) atoms. The molecule has 0 saturated heterocycles. The van der Waals surface area contributed by atoms with Gasteiger partial charge in [-0.3, -0.25) is 9.36 Å². The van der Waals surface area contributed by atoms with E-state index in [1.54, 1.807) is 22.9 Å². The van der Waals surface area contributed by atoms with Gasteiger partial charge in [0.25, 0.3) is 11.4 Å². The molecular formula is C25H18ClN3O2. The molecule has 5 nitrogen and oxygen atoms in total. The second kappa shape index (κ2) is 7.52. The van der Waals surface area contributed by atoms with Crippen LogP contribution in [0.1, 0.15) is 11.1 Å². The van der Waals surface area contributed by atoms with E-state index in [2.05, 4.69) is 10.1 Å². The third-order valence-corrected chi connectivity index (χ3v) is 5.70. The highest BCUT2D eigenvalue weighted by Gasteiger charge is 2.17. The molecule has 3 aromatic carbocycles. The molecule has 0 aliphatic rings. The van der Waals surface area contributed by atoms with Crippen LogP contribution in [0.15, 0.2) is 82.2 Å². The first kappa shape index (κ1) is 19.3. The molecule has 5 rings (SSSR count). The van der Waals surface area contributed by atoms with Crippen LogP contribution in [-0.4, -0.2) is 14.7 Å². The van der Waals surface area contributed by atoms with Gasteiger partial charge in [-0.15, -0.1) is 0 Å². The first-order valence-electron chi connectivity index (χ1n) is 9.83. The van der Waals surface area contributed by atoms with E-state index in [9.17, 15) is 4.79 Å². The molecule has 0 bridgehead atoms. The number of fused-ring (bicyclic) bond motifs is 1. The largest absolute Gasteiger partial charge is 0.334 e. The Hall–Kier alpha value is -3.70. The number of nitrogens with zero attached hydrogens (tertiary/aromatic N) is 3. The van der Waals surface area contributed by atoms with Gasteiger partial charge in [-0.2, -0.15) is 4.98 Å². The summed E-state index contributed by atoms with van der Waals surface area (Å²) in [5.41, 5.74) is 4.47. The molecule has 0 fully saturated rings. The maximum absolute atomic E-state index is 13.3. The van der Waals surface area contributed by atoms with Crippen LogP contribution in [0.4, 0.5) is 0 Å². The van der Waals surface area contributed by atoms with E-state index in [0.29, 0.717) is 27.7 Å². The number of hydrogen-bond donors (Lipinski definition) is 0. The third kappa shape index (κ3) is 3.43. The summed E-state index contributed by atoms with van der Waals surface area (Å²) in [5, 5.41) is 6.12. The third-order valence-electron chi connectivity index (χ3n) is 5.45. The minimum absolute atomic E-state index is 0.0972. The van der Waals surface area contributed by atoms with E-state index in [4.69, 9.17) is 16.1 Å². The lowest BCUT2D eigenvalue weighted by Crippen LogP contribution is -2.18. The Kier molecular flexibility index (Phi) is 4.68. The molecule has 2 heterocycles. The van der Waals surface area contributed by atoms with Crippen molar-refractivity contribution >= 4 is 22.4 Å². The smallest absolute Gasteiger partial charge is 0.262 e. The highest BCUT2D eigenvalue weighted by molar-refractivity contribution is 6.30. The minimum Gasteiger partial charge on any atom is -0.334 e. The maximum Gasteiger partial charge on any atom is 0.262 e. The number of aryl methyl sites for hydroxylation is 2. The standard InChI is InChI=1S/C25H18ClN3O2/c1-15-7-12-19(13-16(15)2)29-14-22(20-5-3-4-6-21(20)25(29)30)24-27-23(28-31-24)17-8-10-18(26)11-9-17/h3-14H,1-2H3. The van der Waals surface area contributed by atoms with Crippen molar-refractivity contribution in [1.29, 1.82) is 0 Å². The Balaban J connectivity index is 1.72. The van der Waals surface area contributed by atoms with E-state index in [0.717, 1.165) is 22.2 Å². The predicted octanol–water partition coefficient (Wildman–Crippen LogP) is 5.98. The number of pyridine rings is 1. The highest BCUT2D eigenvalue weighted by atomic mass is 35.5. The first-order valence-corrected chi connectivity index (χ1v) is 10.2. The van der Waals surface area contributed by atoms with Crippen LogP contribution in [0, 0.1) is 13.8 Å². The van der Waals surface area contributed by atoms with Gasteiger partial charge in [0.2, 0.25) is 5.82 Å². The van der Waals surface area contributed by atoms with Crippen LogP contribution < -0.4 is 5.56 Å². The highest BCUT2D eigenvalue weighted by Crippen LogP contribution is 2.29. The zero-order chi connectivity index (χ0) is 21.5. The molecule has 0 aliphatic heterocycles. The van der Waals surface area contributed by atoms with Crippen molar-refractivity contribution < 1.29 is 4.52 Å². The second-order valence-electron chi connectivity index (χ2n) is 7.46. The van der Waals surface area contributed by atoms with Crippen LogP contribution in [0.25, 0.3) is 39.3 Å².